The highest BCUT2D eigenvalue weighted by molar-refractivity contribution is 5.70. The summed E-state index contributed by atoms with van der Waals surface area (Å²) in [6, 6.07) is 18.9. The van der Waals surface area contributed by atoms with Crippen molar-refractivity contribution < 1.29 is 0 Å². The molecule has 0 spiro atoms. The Morgan fingerprint density at radius 1 is 0.958 bits per heavy atom. The maximum absolute atomic E-state index is 4.71. The van der Waals surface area contributed by atoms with Crippen LogP contribution in [0.25, 0.3) is 12.2 Å². The molecule has 0 aliphatic carbocycles. The van der Waals surface area contributed by atoms with Crippen LogP contribution in [0.4, 0.5) is 11.6 Å². The van der Waals surface area contributed by atoms with Crippen molar-refractivity contribution in [2.45, 2.75) is 13.3 Å². The molecule has 0 bridgehead atoms. The van der Waals surface area contributed by atoms with E-state index >= 15 is 0 Å². The number of rotatable bonds is 3. The molecule has 0 unspecified atom stereocenters. The predicted molar refractivity (Wildman–Crippen MR) is 99.3 cm³/mol. The number of nitrogens with zero attached hydrogens (tertiary/aromatic N) is 3. The third-order valence-corrected chi connectivity index (χ3v) is 4.32. The summed E-state index contributed by atoms with van der Waals surface area (Å²) in [4.78, 5) is 11.4. The van der Waals surface area contributed by atoms with E-state index in [4.69, 9.17) is 4.98 Å². The third-order valence-electron chi connectivity index (χ3n) is 4.32. The molecule has 24 heavy (non-hydrogen) atoms. The van der Waals surface area contributed by atoms with Crippen LogP contribution in [0.3, 0.4) is 0 Å². The molecule has 1 aliphatic rings. The summed E-state index contributed by atoms with van der Waals surface area (Å²) in [5.41, 5.74) is 5.94. The zero-order valence-electron chi connectivity index (χ0n) is 13.7. The van der Waals surface area contributed by atoms with Crippen LogP contribution in [0.5, 0.6) is 0 Å². The Kier molecular flexibility index (Phi) is 3.83. The van der Waals surface area contributed by atoms with Crippen molar-refractivity contribution >= 4 is 23.8 Å². The molecule has 0 N–H and O–H groups in total. The normalized spacial score (nSPS) is 13.5. The van der Waals surface area contributed by atoms with Crippen LogP contribution in [-0.4, -0.2) is 16.5 Å². The number of hydrogen-bond acceptors (Lipinski definition) is 3. The van der Waals surface area contributed by atoms with E-state index in [0.717, 1.165) is 24.6 Å². The molecular formula is C21H19N3. The van der Waals surface area contributed by atoms with Crippen molar-refractivity contribution in [1.82, 2.24) is 9.97 Å². The molecule has 0 fully saturated rings. The molecule has 0 atom stereocenters. The lowest BCUT2D eigenvalue weighted by atomic mass is 10.1. The minimum absolute atomic E-state index is 0.769. The molecule has 3 aromatic rings. The molecule has 0 amide bonds. The summed E-state index contributed by atoms with van der Waals surface area (Å²) in [7, 11) is 0. The van der Waals surface area contributed by atoms with Crippen LogP contribution in [0.15, 0.2) is 60.8 Å². The standard InChI is InChI=1S/C21H19N3/c1-16-6-8-17(9-7-16)10-11-19-12-14-22-21(23-19)24-15-13-18-4-2-3-5-20(18)24/h2-12,14H,13,15H2,1H3/b11-10+. The van der Waals surface area contributed by atoms with Gasteiger partial charge in [0.2, 0.25) is 5.95 Å². The molecule has 0 radical (unpaired) electrons. The Bertz CT molecular complexity index is 882. The summed E-state index contributed by atoms with van der Waals surface area (Å²) in [5, 5.41) is 0. The fraction of sp³-hybridized carbons (Fsp3) is 0.143. The average molecular weight is 313 g/mol. The number of anilines is 2. The largest absolute Gasteiger partial charge is 0.310 e. The van der Waals surface area contributed by atoms with Crippen LogP contribution in [0, 0.1) is 6.92 Å². The Morgan fingerprint density at radius 3 is 2.67 bits per heavy atom. The fourth-order valence-corrected chi connectivity index (χ4v) is 2.99. The zero-order valence-corrected chi connectivity index (χ0v) is 13.7. The van der Waals surface area contributed by atoms with Crippen molar-refractivity contribution in [3.8, 4) is 0 Å². The van der Waals surface area contributed by atoms with Gasteiger partial charge in [0.05, 0.1) is 5.69 Å². The molecule has 3 nitrogen and oxygen atoms in total. The Labute approximate surface area is 142 Å². The number of fused-ring (bicyclic) bond motifs is 1. The summed E-state index contributed by atoms with van der Waals surface area (Å²) in [5.74, 6) is 0.769. The highest BCUT2D eigenvalue weighted by Gasteiger charge is 2.21. The van der Waals surface area contributed by atoms with Crippen molar-refractivity contribution in [1.29, 1.82) is 0 Å². The highest BCUT2D eigenvalue weighted by atomic mass is 15.3. The van der Waals surface area contributed by atoms with Gasteiger partial charge in [-0.05, 0) is 42.7 Å². The van der Waals surface area contributed by atoms with Gasteiger partial charge in [-0.3, -0.25) is 0 Å². The van der Waals surface area contributed by atoms with Gasteiger partial charge in [-0.1, -0.05) is 54.1 Å². The first-order valence-corrected chi connectivity index (χ1v) is 8.23. The van der Waals surface area contributed by atoms with E-state index in [9.17, 15) is 0 Å². The lowest BCUT2D eigenvalue weighted by Crippen LogP contribution is -2.16. The lowest BCUT2D eigenvalue weighted by Gasteiger charge is -2.17. The molecule has 2 aromatic carbocycles. The van der Waals surface area contributed by atoms with E-state index in [2.05, 4.69) is 71.4 Å². The van der Waals surface area contributed by atoms with E-state index in [0.29, 0.717) is 0 Å². The molecule has 2 heterocycles. The fourth-order valence-electron chi connectivity index (χ4n) is 2.99. The van der Waals surface area contributed by atoms with Gasteiger partial charge in [0.15, 0.2) is 0 Å². The van der Waals surface area contributed by atoms with Crippen LogP contribution < -0.4 is 4.90 Å². The highest BCUT2D eigenvalue weighted by Crippen LogP contribution is 2.32. The van der Waals surface area contributed by atoms with Crippen LogP contribution in [0.1, 0.15) is 22.4 Å². The first-order chi connectivity index (χ1) is 11.8. The second-order valence-corrected chi connectivity index (χ2v) is 6.06. The van der Waals surface area contributed by atoms with Gasteiger partial charge in [-0.15, -0.1) is 0 Å². The number of para-hydroxylation sites is 1. The predicted octanol–water partition coefficient (Wildman–Crippen LogP) is 4.65. The Balaban J connectivity index is 1.59. The SMILES string of the molecule is Cc1ccc(/C=C/c2ccnc(N3CCc4ccccc43)n2)cc1. The average Bonchev–Trinajstić information content (AvgIpc) is 3.06. The minimum atomic E-state index is 0.769. The first kappa shape index (κ1) is 14.6. The molecule has 1 aromatic heterocycles. The van der Waals surface area contributed by atoms with E-state index in [-0.39, 0.29) is 0 Å². The second-order valence-electron chi connectivity index (χ2n) is 6.06. The smallest absolute Gasteiger partial charge is 0.230 e. The molecule has 1 aliphatic heterocycles. The maximum atomic E-state index is 4.71. The zero-order chi connectivity index (χ0) is 16.4. The Hall–Kier alpha value is -2.94. The van der Waals surface area contributed by atoms with Crippen molar-refractivity contribution in [2.75, 3.05) is 11.4 Å². The van der Waals surface area contributed by atoms with Crippen molar-refractivity contribution in [3.63, 3.8) is 0 Å². The maximum Gasteiger partial charge on any atom is 0.230 e. The molecule has 0 saturated carbocycles. The van der Waals surface area contributed by atoms with Gasteiger partial charge in [0.25, 0.3) is 0 Å². The number of aromatic nitrogens is 2. The lowest BCUT2D eigenvalue weighted by molar-refractivity contribution is 0.937. The summed E-state index contributed by atoms with van der Waals surface area (Å²) < 4.78 is 0. The van der Waals surface area contributed by atoms with E-state index in [1.807, 2.05) is 18.3 Å². The minimum Gasteiger partial charge on any atom is -0.310 e. The summed E-state index contributed by atoms with van der Waals surface area (Å²) in [6.45, 7) is 3.03. The van der Waals surface area contributed by atoms with Crippen LogP contribution in [-0.2, 0) is 6.42 Å². The number of benzene rings is 2. The number of aryl methyl sites for hydroxylation is 1. The van der Waals surface area contributed by atoms with Crippen molar-refractivity contribution in [3.05, 3.63) is 83.2 Å². The van der Waals surface area contributed by atoms with E-state index < -0.39 is 0 Å². The van der Waals surface area contributed by atoms with E-state index in [1.165, 1.54) is 22.4 Å². The molecule has 118 valence electrons. The van der Waals surface area contributed by atoms with Gasteiger partial charge < -0.3 is 4.90 Å². The number of hydrogen-bond donors (Lipinski definition) is 0. The second kappa shape index (κ2) is 6.28. The summed E-state index contributed by atoms with van der Waals surface area (Å²) >= 11 is 0. The molecule has 0 saturated heterocycles. The molecule has 3 heteroatoms. The van der Waals surface area contributed by atoms with E-state index in [1.54, 1.807) is 0 Å². The van der Waals surface area contributed by atoms with Gasteiger partial charge in [0, 0.05) is 18.4 Å². The van der Waals surface area contributed by atoms with Gasteiger partial charge in [0.1, 0.15) is 0 Å². The summed E-state index contributed by atoms with van der Waals surface area (Å²) in [6.07, 6.45) is 7.00. The molecular weight excluding hydrogens is 294 g/mol. The quantitative estimate of drug-likeness (QED) is 0.705. The monoisotopic (exact) mass is 313 g/mol. The van der Waals surface area contributed by atoms with Gasteiger partial charge >= 0.3 is 0 Å². The molecule has 4 rings (SSSR count). The third kappa shape index (κ3) is 2.93. The Morgan fingerprint density at radius 2 is 1.79 bits per heavy atom. The van der Waals surface area contributed by atoms with Crippen LogP contribution in [0.2, 0.25) is 0 Å². The topological polar surface area (TPSA) is 29.0 Å². The van der Waals surface area contributed by atoms with Gasteiger partial charge in [-0.2, -0.15) is 0 Å². The first-order valence-electron chi connectivity index (χ1n) is 8.23. The van der Waals surface area contributed by atoms with Gasteiger partial charge in [-0.25, -0.2) is 9.97 Å². The van der Waals surface area contributed by atoms with Crippen molar-refractivity contribution in [2.24, 2.45) is 0 Å². The van der Waals surface area contributed by atoms with Crippen LogP contribution >= 0.6 is 0 Å².